The van der Waals surface area contributed by atoms with Gasteiger partial charge in [0, 0.05) is 17.1 Å². The largest absolute Gasteiger partial charge is 0.495 e. The molecule has 3 N–H and O–H groups in total. The van der Waals surface area contributed by atoms with Crippen LogP contribution in [0.4, 0.5) is 0 Å². The summed E-state index contributed by atoms with van der Waals surface area (Å²) in [5.41, 5.74) is 5.89. The molecule has 0 saturated heterocycles. The number of rotatable bonds is 6. The second-order valence-corrected chi connectivity index (χ2v) is 7.77. The van der Waals surface area contributed by atoms with Gasteiger partial charge in [0.1, 0.15) is 5.75 Å². The van der Waals surface area contributed by atoms with E-state index in [4.69, 9.17) is 22.1 Å². The van der Waals surface area contributed by atoms with E-state index in [1.165, 1.54) is 19.2 Å². The number of hydrogen-bond acceptors (Lipinski definition) is 4. The number of benzene rings is 1. The summed E-state index contributed by atoms with van der Waals surface area (Å²) in [6.45, 7) is 0.225. The van der Waals surface area contributed by atoms with E-state index in [1.54, 1.807) is 0 Å². The Morgan fingerprint density at radius 2 is 2.14 bits per heavy atom. The molecule has 2 rings (SSSR count). The molecule has 120 valence electrons. The minimum atomic E-state index is -3.66. The van der Waals surface area contributed by atoms with E-state index in [9.17, 15) is 8.42 Å². The molecule has 21 heavy (non-hydrogen) atoms. The Morgan fingerprint density at radius 1 is 1.52 bits per heavy atom. The number of hydrogen-bond donors (Lipinski definition) is 2. The Hall–Kier alpha value is -0.0500. The fourth-order valence-corrected chi connectivity index (χ4v) is 4.27. The van der Waals surface area contributed by atoms with Crippen molar-refractivity contribution in [3.05, 3.63) is 21.6 Å². The maximum absolute atomic E-state index is 12.3. The fourth-order valence-electron chi connectivity index (χ4n) is 1.85. The molecule has 1 aromatic rings. The maximum Gasteiger partial charge on any atom is 0.241 e. The summed E-state index contributed by atoms with van der Waals surface area (Å²) in [7, 11) is -2.19. The van der Waals surface area contributed by atoms with Crippen LogP contribution in [0.25, 0.3) is 0 Å². The molecule has 0 aliphatic heterocycles. The molecule has 0 spiro atoms. The van der Waals surface area contributed by atoms with Crippen molar-refractivity contribution in [3.63, 3.8) is 0 Å². The van der Waals surface area contributed by atoms with E-state index in [0.29, 0.717) is 16.1 Å². The first kappa shape index (κ1) is 19.0. The summed E-state index contributed by atoms with van der Waals surface area (Å²) in [6, 6.07) is 2.74. The number of halogens is 3. The van der Waals surface area contributed by atoms with E-state index in [0.717, 1.165) is 12.8 Å². The SMILES string of the molecule is COc1cc(Br)c(S(=O)(=O)NCC(N)C2CC2)cc1Cl.Cl. The lowest BCUT2D eigenvalue weighted by molar-refractivity contribution is 0.414. The molecule has 1 aliphatic rings. The molecule has 0 heterocycles. The second kappa shape index (κ2) is 7.48. The normalized spacial score (nSPS) is 16.2. The van der Waals surface area contributed by atoms with Gasteiger partial charge in [-0.15, -0.1) is 12.4 Å². The van der Waals surface area contributed by atoms with Crippen LogP contribution in [0, 0.1) is 5.92 Å². The number of ether oxygens (including phenoxy) is 1. The first-order chi connectivity index (χ1) is 9.35. The van der Waals surface area contributed by atoms with Gasteiger partial charge in [-0.25, -0.2) is 13.1 Å². The Kier molecular flexibility index (Phi) is 6.77. The van der Waals surface area contributed by atoms with Crippen molar-refractivity contribution in [3.8, 4) is 5.75 Å². The van der Waals surface area contributed by atoms with Crippen LogP contribution in [-0.4, -0.2) is 28.1 Å². The summed E-state index contributed by atoms with van der Waals surface area (Å²) < 4.78 is 32.5. The van der Waals surface area contributed by atoms with Crippen molar-refractivity contribution in [1.82, 2.24) is 4.72 Å². The van der Waals surface area contributed by atoms with Gasteiger partial charge in [0.15, 0.2) is 0 Å². The highest BCUT2D eigenvalue weighted by molar-refractivity contribution is 9.10. The second-order valence-electron chi connectivity index (χ2n) is 4.77. The predicted molar refractivity (Wildman–Crippen MR) is 88.8 cm³/mol. The first-order valence-electron chi connectivity index (χ1n) is 6.13. The highest BCUT2D eigenvalue weighted by Gasteiger charge is 2.30. The van der Waals surface area contributed by atoms with Gasteiger partial charge >= 0.3 is 0 Å². The number of sulfonamides is 1. The van der Waals surface area contributed by atoms with Crippen LogP contribution < -0.4 is 15.2 Å². The van der Waals surface area contributed by atoms with Crippen molar-refractivity contribution in [2.24, 2.45) is 11.7 Å². The van der Waals surface area contributed by atoms with Crippen LogP contribution in [0.1, 0.15) is 12.8 Å². The summed E-state index contributed by atoms with van der Waals surface area (Å²) in [6.07, 6.45) is 2.14. The quantitative estimate of drug-likeness (QED) is 0.742. The summed E-state index contributed by atoms with van der Waals surface area (Å²) in [4.78, 5) is 0.0753. The van der Waals surface area contributed by atoms with E-state index in [1.807, 2.05) is 0 Å². The van der Waals surface area contributed by atoms with Crippen LogP contribution in [0.5, 0.6) is 5.75 Å². The van der Waals surface area contributed by atoms with Gasteiger partial charge in [-0.1, -0.05) is 11.6 Å². The molecule has 1 fully saturated rings. The van der Waals surface area contributed by atoms with Crippen molar-refractivity contribution in [1.29, 1.82) is 0 Å². The Morgan fingerprint density at radius 3 is 2.67 bits per heavy atom. The molecule has 9 heteroatoms. The number of methoxy groups -OCH3 is 1. The molecule has 5 nitrogen and oxygen atoms in total. The van der Waals surface area contributed by atoms with Crippen LogP contribution in [0.3, 0.4) is 0 Å². The van der Waals surface area contributed by atoms with Crippen molar-refractivity contribution >= 4 is 50.0 Å². The minimum Gasteiger partial charge on any atom is -0.495 e. The standard InChI is InChI=1S/C12H16BrClN2O3S.ClH/c1-19-11-4-8(13)12(5-9(11)14)20(17,18)16-6-10(15)7-2-3-7;/h4-5,7,10,16H,2-3,6,15H2,1H3;1H. The molecule has 0 amide bonds. The Labute approximate surface area is 144 Å². The topological polar surface area (TPSA) is 81.4 Å². The molecule has 0 aromatic heterocycles. The Balaban J connectivity index is 0.00000220. The predicted octanol–water partition coefficient (Wildman–Crippen LogP) is 2.55. The zero-order chi connectivity index (χ0) is 14.9. The van der Waals surface area contributed by atoms with Gasteiger partial charge in [-0.3, -0.25) is 0 Å². The van der Waals surface area contributed by atoms with Crippen LogP contribution in [0.2, 0.25) is 5.02 Å². The number of nitrogens with one attached hydrogen (secondary N) is 1. The van der Waals surface area contributed by atoms with Gasteiger partial charge in [-0.05, 0) is 46.8 Å². The molecule has 1 saturated carbocycles. The van der Waals surface area contributed by atoms with Crippen molar-refractivity contribution in [2.75, 3.05) is 13.7 Å². The van der Waals surface area contributed by atoms with Gasteiger partial charge in [0.05, 0.1) is 17.0 Å². The molecule has 1 aliphatic carbocycles. The van der Waals surface area contributed by atoms with Crippen LogP contribution in [0.15, 0.2) is 21.5 Å². The third-order valence-corrected chi connectivity index (χ3v) is 5.91. The fraction of sp³-hybridized carbons (Fsp3) is 0.500. The lowest BCUT2D eigenvalue weighted by Gasteiger charge is -2.14. The van der Waals surface area contributed by atoms with Crippen LogP contribution >= 0.6 is 39.9 Å². The minimum absolute atomic E-state index is 0. The highest BCUT2D eigenvalue weighted by atomic mass is 79.9. The summed E-state index contributed by atoms with van der Waals surface area (Å²) in [5.74, 6) is 0.841. The third kappa shape index (κ3) is 4.71. The molecular weight excluding hydrogens is 403 g/mol. The smallest absolute Gasteiger partial charge is 0.241 e. The van der Waals surface area contributed by atoms with E-state index in [2.05, 4.69) is 20.7 Å². The van der Waals surface area contributed by atoms with Crippen molar-refractivity contribution < 1.29 is 13.2 Å². The lowest BCUT2D eigenvalue weighted by atomic mass is 10.2. The highest BCUT2D eigenvalue weighted by Crippen LogP contribution is 2.34. The van der Waals surface area contributed by atoms with Gasteiger partial charge in [-0.2, -0.15) is 0 Å². The summed E-state index contributed by atoms with van der Waals surface area (Å²) >= 11 is 9.19. The van der Waals surface area contributed by atoms with Crippen molar-refractivity contribution in [2.45, 2.75) is 23.8 Å². The molecular formula is C12H17BrCl2N2O3S. The monoisotopic (exact) mass is 418 g/mol. The molecule has 0 bridgehead atoms. The number of nitrogens with two attached hydrogens (primary N) is 1. The van der Waals surface area contributed by atoms with Crippen LogP contribution in [-0.2, 0) is 10.0 Å². The Bertz CT molecular complexity index is 609. The van der Waals surface area contributed by atoms with Gasteiger partial charge < -0.3 is 10.5 Å². The average Bonchev–Trinajstić information content (AvgIpc) is 3.22. The molecule has 1 unspecified atom stereocenters. The molecule has 1 atom stereocenters. The lowest BCUT2D eigenvalue weighted by Crippen LogP contribution is -2.38. The van der Waals surface area contributed by atoms with Gasteiger partial charge in [0.2, 0.25) is 10.0 Å². The maximum atomic E-state index is 12.3. The average molecular weight is 420 g/mol. The zero-order valence-electron chi connectivity index (χ0n) is 11.3. The molecule has 1 aromatic carbocycles. The van der Waals surface area contributed by atoms with E-state index in [-0.39, 0.29) is 34.9 Å². The van der Waals surface area contributed by atoms with E-state index >= 15 is 0 Å². The summed E-state index contributed by atoms with van der Waals surface area (Å²) in [5, 5.41) is 0.238. The van der Waals surface area contributed by atoms with E-state index < -0.39 is 10.0 Å². The first-order valence-corrected chi connectivity index (χ1v) is 8.79. The zero-order valence-corrected chi connectivity index (χ0v) is 15.3. The van der Waals surface area contributed by atoms with Gasteiger partial charge in [0.25, 0.3) is 0 Å². The molecule has 0 radical (unpaired) electrons. The third-order valence-electron chi connectivity index (χ3n) is 3.23.